The van der Waals surface area contributed by atoms with Gasteiger partial charge in [0.05, 0.1) is 23.2 Å². The third-order valence-electron chi connectivity index (χ3n) is 6.88. The normalized spacial score (nSPS) is 19.8. The van der Waals surface area contributed by atoms with E-state index in [1.165, 1.54) is 10.0 Å². The number of aliphatic carboxylic acids is 1. The van der Waals surface area contributed by atoms with Gasteiger partial charge in [-0.2, -0.15) is 0 Å². The van der Waals surface area contributed by atoms with Crippen molar-refractivity contribution < 1.29 is 33.7 Å². The number of benzene rings is 1. The highest BCUT2D eigenvalue weighted by atomic mass is 35.5. The fourth-order valence-electron chi connectivity index (χ4n) is 4.12. The molecule has 1 aliphatic heterocycles. The first kappa shape index (κ1) is 33.4. The van der Waals surface area contributed by atoms with Crippen LogP contribution in [0.4, 0.5) is 0 Å². The maximum absolute atomic E-state index is 13.4. The number of carboxylic acid groups (broad SMARTS) is 1. The van der Waals surface area contributed by atoms with Crippen LogP contribution >= 0.6 is 23.2 Å². The number of hydrogen-bond acceptors (Lipinski definition) is 7. The molecule has 1 N–H and O–H groups in total. The summed E-state index contributed by atoms with van der Waals surface area (Å²) in [5.41, 5.74) is -0.964. The molecular formula is C27H42Cl2N2O7Si. The van der Waals surface area contributed by atoms with Gasteiger partial charge < -0.3 is 19.3 Å². The zero-order chi connectivity index (χ0) is 29.5. The summed E-state index contributed by atoms with van der Waals surface area (Å²) in [7, 11) is -1.22. The number of ether oxygens (including phenoxy) is 3. The highest BCUT2D eigenvalue weighted by Crippen LogP contribution is 2.39. The number of carboxylic acids is 1. The van der Waals surface area contributed by atoms with Crippen LogP contribution in [0.5, 0.6) is 5.75 Å². The van der Waals surface area contributed by atoms with Gasteiger partial charge in [-0.05, 0) is 43.4 Å². The summed E-state index contributed by atoms with van der Waals surface area (Å²) in [5.74, 6) is -2.09. The van der Waals surface area contributed by atoms with Gasteiger partial charge in [-0.25, -0.2) is 5.01 Å². The first-order valence-electron chi connectivity index (χ1n) is 13.2. The van der Waals surface area contributed by atoms with Crippen LogP contribution in [0.25, 0.3) is 0 Å². The monoisotopic (exact) mass is 604 g/mol. The Labute approximate surface area is 242 Å². The average molecular weight is 606 g/mol. The van der Waals surface area contributed by atoms with Crippen LogP contribution in [0.3, 0.4) is 0 Å². The Balaban J connectivity index is 2.26. The molecule has 0 aromatic heterocycles. The summed E-state index contributed by atoms with van der Waals surface area (Å²) in [4.78, 5) is 38.2. The molecule has 0 radical (unpaired) electrons. The number of nitrogens with zero attached hydrogens (tertiary/aromatic N) is 2. The molecular weight excluding hydrogens is 563 g/mol. The molecule has 2 rings (SSSR count). The molecule has 1 saturated heterocycles. The Morgan fingerprint density at radius 3 is 2.36 bits per heavy atom. The van der Waals surface area contributed by atoms with E-state index in [1.54, 1.807) is 19.1 Å². The van der Waals surface area contributed by atoms with Crippen LogP contribution in [0.2, 0.25) is 35.7 Å². The minimum atomic E-state index is -1.37. The Bertz CT molecular complexity index is 1010. The maximum atomic E-state index is 13.4. The Morgan fingerprint density at radius 1 is 1.21 bits per heavy atom. The van der Waals surface area contributed by atoms with Crippen molar-refractivity contribution in [2.45, 2.75) is 78.3 Å². The fourth-order valence-corrected chi connectivity index (χ4v) is 5.46. The molecule has 2 atom stereocenters. The fraction of sp³-hybridized carbons (Fsp3) is 0.667. The van der Waals surface area contributed by atoms with Gasteiger partial charge in [0.15, 0.2) is 6.79 Å². The molecule has 1 aliphatic rings. The molecule has 0 saturated carbocycles. The van der Waals surface area contributed by atoms with Crippen LogP contribution in [0.15, 0.2) is 12.1 Å². The van der Waals surface area contributed by atoms with Gasteiger partial charge in [-0.15, -0.1) is 0 Å². The van der Waals surface area contributed by atoms with Crippen molar-refractivity contribution in [3.05, 3.63) is 27.7 Å². The zero-order valence-electron chi connectivity index (χ0n) is 24.0. The number of carbonyl (C=O) groups excluding carboxylic acids is 2. The summed E-state index contributed by atoms with van der Waals surface area (Å²) in [5, 5.41) is 13.3. The lowest BCUT2D eigenvalue weighted by Crippen LogP contribution is -2.60. The summed E-state index contributed by atoms with van der Waals surface area (Å²) in [6.07, 6.45) is 0.00875. The topological polar surface area (TPSA) is 106 Å². The minimum Gasteiger partial charge on any atom is -0.480 e. The number of hydrazine groups is 1. The van der Waals surface area contributed by atoms with Crippen molar-refractivity contribution in [1.82, 2.24) is 10.0 Å². The lowest BCUT2D eigenvalue weighted by molar-refractivity contribution is -0.177. The predicted octanol–water partition coefficient (Wildman–Crippen LogP) is 5.70. The molecule has 1 fully saturated rings. The smallest absolute Gasteiger partial charge is 0.325 e. The molecule has 0 bridgehead atoms. The van der Waals surface area contributed by atoms with Crippen LogP contribution in [0.1, 0.15) is 46.1 Å². The van der Waals surface area contributed by atoms with Crippen molar-refractivity contribution in [2.24, 2.45) is 11.8 Å². The van der Waals surface area contributed by atoms with E-state index >= 15 is 0 Å². The van der Waals surface area contributed by atoms with E-state index in [0.717, 1.165) is 6.04 Å². The minimum absolute atomic E-state index is 0.0439. The van der Waals surface area contributed by atoms with Crippen molar-refractivity contribution >= 4 is 49.1 Å². The molecule has 1 amide bonds. The van der Waals surface area contributed by atoms with E-state index in [4.69, 9.17) is 37.4 Å². The maximum Gasteiger partial charge on any atom is 0.325 e. The van der Waals surface area contributed by atoms with Gasteiger partial charge in [0.2, 0.25) is 5.91 Å². The largest absolute Gasteiger partial charge is 0.480 e. The van der Waals surface area contributed by atoms with Crippen LogP contribution in [0, 0.1) is 11.8 Å². The Morgan fingerprint density at radius 2 is 1.82 bits per heavy atom. The number of hydrogen-bond donors (Lipinski definition) is 1. The van der Waals surface area contributed by atoms with Crippen molar-refractivity contribution in [3.63, 3.8) is 0 Å². The van der Waals surface area contributed by atoms with E-state index in [1.807, 2.05) is 20.8 Å². The quantitative estimate of drug-likeness (QED) is 0.0947. The summed E-state index contributed by atoms with van der Waals surface area (Å²) in [6.45, 7) is 15.0. The van der Waals surface area contributed by atoms with E-state index < -0.39 is 37.9 Å². The molecule has 220 valence electrons. The Kier molecular flexibility index (Phi) is 12.1. The second-order valence-electron chi connectivity index (χ2n) is 11.8. The van der Waals surface area contributed by atoms with Crippen molar-refractivity contribution in [3.8, 4) is 5.75 Å². The average Bonchev–Trinajstić information content (AvgIpc) is 3.11. The molecule has 1 aromatic rings. The van der Waals surface area contributed by atoms with E-state index in [-0.39, 0.29) is 41.8 Å². The van der Waals surface area contributed by atoms with E-state index in [9.17, 15) is 19.5 Å². The van der Waals surface area contributed by atoms with Gasteiger partial charge in [-0.1, -0.05) is 63.6 Å². The third-order valence-corrected chi connectivity index (χ3v) is 9.26. The number of carbonyl (C=O) groups is 3. The molecule has 1 aromatic carbocycles. The highest BCUT2D eigenvalue weighted by Gasteiger charge is 2.52. The molecule has 39 heavy (non-hydrogen) atoms. The first-order valence-corrected chi connectivity index (χ1v) is 17.7. The van der Waals surface area contributed by atoms with E-state index in [0.29, 0.717) is 30.9 Å². The van der Waals surface area contributed by atoms with Crippen molar-refractivity contribution in [2.75, 3.05) is 26.6 Å². The lowest BCUT2D eigenvalue weighted by atomic mass is 9.89. The third kappa shape index (κ3) is 9.35. The second-order valence-corrected chi connectivity index (χ2v) is 18.3. The van der Waals surface area contributed by atoms with Crippen LogP contribution < -0.4 is 4.74 Å². The van der Waals surface area contributed by atoms with Crippen molar-refractivity contribution in [1.29, 1.82) is 0 Å². The summed E-state index contributed by atoms with van der Waals surface area (Å²) < 4.78 is 16.4. The van der Waals surface area contributed by atoms with Gasteiger partial charge in [0.1, 0.15) is 17.7 Å². The number of rotatable bonds is 14. The molecule has 0 spiro atoms. The molecule has 12 heteroatoms. The molecule has 9 nitrogen and oxygen atoms in total. The van der Waals surface area contributed by atoms with Gasteiger partial charge in [0, 0.05) is 26.8 Å². The van der Waals surface area contributed by atoms with Crippen LogP contribution in [-0.4, -0.2) is 73.1 Å². The van der Waals surface area contributed by atoms with Gasteiger partial charge in [0.25, 0.3) is 0 Å². The molecule has 0 aliphatic carbocycles. The standard InChI is InChI=1S/C27H42Cl2N2O7Si/c1-18(2)16-37-25(33)14-24(32)30(31-9-8-19(3)27(31,4)26(34)35)15-21-22(28)12-20(13-23(21)29)38-17-36-10-11-39(5,6)7/h12-13,18-19H,8-11,14-17H2,1-7H3,(H,34,35). The van der Waals surface area contributed by atoms with Gasteiger partial charge in [-0.3, -0.25) is 19.4 Å². The van der Waals surface area contributed by atoms with E-state index in [2.05, 4.69) is 19.6 Å². The summed E-state index contributed by atoms with van der Waals surface area (Å²) in [6, 6.07) is 4.16. The predicted molar refractivity (Wildman–Crippen MR) is 154 cm³/mol. The highest BCUT2D eigenvalue weighted by molar-refractivity contribution is 6.76. The second kappa shape index (κ2) is 14.2. The summed E-state index contributed by atoms with van der Waals surface area (Å²) >= 11 is 13.2. The SMILES string of the molecule is CC(C)COC(=O)CC(=O)N(Cc1c(Cl)cc(OCOCC[Si](C)(C)C)cc1Cl)N1CCC(C)C1(C)C(=O)O. The van der Waals surface area contributed by atoms with Crippen LogP contribution in [-0.2, 0) is 30.4 Å². The number of halogens is 2. The number of amides is 1. The Hall–Kier alpha value is -1.85. The molecule has 2 unspecified atom stereocenters. The van der Waals surface area contributed by atoms with Gasteiger partial charge >= 0.3 is 11.9 Å². The number of esters is 1. The molecule has 1 heterocycles. The lowest BCUT2D eigenvalue weighted by Gasteiger charge is -2.41. The zero-order valence-corrected chi connectivity index (χ0v) is 26.5. The first-order chi connectivity index (χ1) is 18.1.